The third-order valence-electron chi connectivity index (χ3n) is 5.11. The van der Waals surface area contributed by atoms with Gasteiger partial charge in [0, 0.05) is 50.4 Å². The Bertz CT molecular complexity index is 701. The molecular weight excluding hydrogens is 364 g/mol. The molecule has 0 atom stereocenters. The maximum absolute atomic E-state index is 12.1. The van der Waals surface area contributed by atoms with Gasteiger partial charge in [-0.1, -0.05) is 36.4 Å². The zero-order valence-corrected chi connectivity index (χ0v) is 16.8. The summed E-state index contributed by atoms with van der Waals surface area (Å²) in [5.41, 5.74) is 1.68. The number of carbonyl (C=O) groups excluding carboxylic acids is 2. The molecule has 2 aromatic rings. The number of nitrogens with zero attached hydrogens (tertiary/aromatic N) is 2. The second-order valence-corrected chi connectivity index (χ2v) is 7.37. The summed E-state index contributed by atoms with van der Waals surface area (Å²) >= 11 is 0. The molecule has 6 heteroatoms. The third kappa shape index (κ3) is 7.68. The first-order chi connectivity index (χ1) is 14.2. The lowest BCUT2D eigenvalue weighted by Crippen LogP contribution is -2.34. The van der Waals surface area contributed by atoms with Crippen LogP contribution in [0.25, 0.3) is 0 Å². The largest absolute Gasteiger partial charge is 0.326 e. The van der Waals surface area contributed by atoms with Crippen molar-refractivity contribution in [3.63, 3.8) is 0 Å². The summed E-state index contributed by atoms with van der Waals surface area (Å²) in [6.07, 6.45) is 2.05. The Balaban J connectivity index is 1.33. The second kappa shape index (κ2) is 11.3. The molecule has 29 heavy (non-hydrogen) atoms. The van der Waals surface area contributed by atoms with E-state index >= 15 is 0 Å². The third-order valence-corrected chi connectivity index (χ3v) is 5.11. The van der Waals surface area contributed by atoms with Crippen LogP contribution in [0.1, 0.15) is 19.3 Å². The van der Waals surface area contributed by atoms with Crippen LogP contribution >= 0.6 is 0 Å². The van der Waals surface area contributed by atoms with Crippen molar-refractivity contribution in [2.24, 2.45) is 0 Å². The fourth-order valence-corrected chi connectivity index (χ4v) is 3.48. The van der Waals surface area contributed by atoms with Crippen LogP contribution in [0.3, 0.4) is 0 Å². The van der Waals surface area contributed by atoms with E-state index < -0.39 is 0 Å². The van der Waals surface area contributed by atoms with E-state index in [4.69, 9.17) is 0 Å². The van der Waals surface area contributed by atoms with Gasteiger partial charge in [-0.15, -0.1) is 0 Å². The number of para-hydroxylation sites is 2. The van der Waals surface area contributed by atoms with Crippen LogP contribution in [-0.4, -0.2) is 60.9 Å². The van der Waals surface area contributed by atoms with Gasteiger partial charge in [0.2, 0.25) is 11.8 Å². The summed E-state index contributed by atoms with van der Waals surface area (Å²) in [6, 6.07) is 19.1. The summed E-state index contributed by atoms with van der Waals surface area (Å²) in [5.74, 6) is 0.102. The number of hydrogen-bond acceptors (Lipinski definition) is 4. The second-order valence-electron chi connectivity index (χ2n) is 7.37. The van der Waals surface area contributed by atoms with E-state index in [0.717, 1.165) is 57.1 Å². The van der Waals surface area contributed by atoms with Crippen molar-refractivity contribution in [3.05, 3.63) is 60.7 Å². The molecule has 6 nitrogen and oxygen atoms in total. The first kappa shape index (κ1) is 21.0. The molecule has 0 unspecified atom stereocenters. The average Bonchev–Trinajstić information content (AvgIpc) is 2.97. The van der Waals surface area contributed by atoms with Crippen molar-refractivity contribution in [2.45, 2.75) is 19.3 Å². The minimum Gasteiger partial charge on any atom is -0.326 e. The lowest BCUT2D eigenvalue weighted by atomic mass is 10.3. The molecule has 0 aliphatic carbocycles. The lowest BCUT2D eigenvalue weighted by molar-refractivity contribution is -0.117. The van der Waals surface area contributed by atoms with E-state index in [1.54, 1.807) is 0 Å². The maximum Gasteiger partial charge on any atom is 0.225 e. The van der Waals surface area contributed by atoms with Crippen LogP contribution < -0.4 is 10.6 Å². The van der Waals surface area contributed by atoms with Crippen LogP contribution in [-0.2, 0) is 9.59 Å². The smallest absolute Gasteiger partial charge is 0.225 e. The van der Waals surface area contributed by atoms with Crippen LogP contribution in [0.4, 0.5) is 11.4 Å². The molecule has 0 spiro atoms. The Kier molecular flexibility index (Phi) is 8.22. The summed E-state index contributed by atoms with van der Waals surface area (Å²) in [4.78, 5) is 29.0. The van der Waals surface area contributed by atoms with Crippen LogP contribution in [0, 0.1) is 0 Å². The van der Waals surface area contributed by atoms with E-state index in [2.05, 4.69) is 20.4 Å². The highest BCUT2D eigenvalue weighted by atomic mass is 16.2. The van der Waals surface area contributed by atoms with Crippen molar-refractivity contribution in [3.8, 4) is 0 Å². The zero-order valence-electron chi connectivity index (χ0n) is 16.8. The predicted molar refractivity (Wildman–Crippen MR) is 117 cm³/mol. The van der Waals surface area contributed by atoms with Gasteiger partial charge in [-0.25, -0.2) is 0 Å². The molecule has 0 bridgehead atoms. The highest BCUT2D eigenvalue weighted by Crippen LogP contribution is 2.09. The van der Waals surface area contributed by atoms with E-state index in [1.165, 1.54) is 0 Å². The standard InChI is InChI=1S/C23H30N4O2/c28-22(24-20-8-3-1-4-9-20)12-16-26-14-7-15-27(19-18-26)17-13-23(29)25-21-10-5-2-6-11-21/h1-6,8-11H,7,12-19H2,(H,24,28)(H,25,29). The zero-order chi connectivity index (χ0) is 20.3. The highest BCUT2D eigenvalue weighted by molar-refractivity contribution is 5.91. The van der Waals surface area contributed by atoms with Gasteiger partial charge >= 0.3 is 0 Å². The Morgan fingerprint density at radius 3 is 1.48 bits per heavy atom. The number of carbonyl (C=O) groups is 2. The highest BCUT2D eigenvalue weighted by Gasteiger charge is 2.16. The number of nitrogens with one attached hydrogen (secondary N) is 2. The molecule has 2 N–H and O–H groups in total. The first-order valence-electron chi connectivity index (χ1n) is 10.3. The maximum atomic E-state index is 12.1. The number of hydrogen-bond donors (Lipinski definition) is 2. The Morgan fingerprint density at radius 1 is 0.655 bits per heavy atom. The molecule has 1 heterocycles. The number of rotatable bonds is 8. The minimum absolute atomic E-state index is 0.0508. The molecule has 1 saturated heterocycles. The molecule has 3 rings (SSSR count). The Morgan fingerprint density at radius 2 is 1.07 bits per heavy atom. The molecule has 0 radical (unpaired) electrons. The quantitative estimate of drug-likeness (QED) is 0.722. The molecule has 2 aromatic carbocycles. The SMILES string of the molecule is O=C(CCN1CCCN(CCC(=O)Nc2ccccc2)CC1)Nc1ccccc1. The van der Waals surface area contributed by atoms with Gasteiger partial charge in [0.05, 0.1) is 0 Å². The fourth-order valence-electron chi connectivity index (χ4n) is 3.48. The van der Waals surface area contributed by atoms with Crippen LogP contribution in [0.15, 0.2) is 60.7 Å². The molecule has 154 valence electrons. The molecule has 2 amide bonds. The van der Waals surface area contributed by atoms with E-state index in [9.17, 15) is 9.59 Å². The molecule has 0 saturated carbocycles. The summed E-state index contributed by atoms with van der Waals surface area (Å²) in [5, 5.41) is 5.88. The predicted octanol–water partition coefficient (Wildman–Crippen LogP) is 3.05. The van der Waals surface area contributed by atoms with Crippen molar-refractivity contribution in [2.75, 3.05) is 49.9 Å². The van der Waals surface area contributed by atoms with Crippen molar-refractivity contribution < 1.29 is 9.59 Å². The molecule has 0 aromatic heterocycles. The van der Waals surface area contributed by atoms with Crippen LogP contribution in [0.5, 0.6) is 0 Å². The van der Waals surface area contributed by atoms with E-state index in [1.807, 2.05) is 60.7 Å². The molecule has 1 aliphatic heterocycles. The fraction of sp³-hybridized carbons (Fsp3) is 0.391. The summed E-state index contributed by atoms with van der Waals surface area (Å²) in [7, 11) is 0. The first-order valence-corrected chi connectivity index (χ1v) is 10.3. The van der Waals surface area contributed by atoms with Gasteiger partial charge in [0.1, 0.15) is 0 Å². The number of anilines is 2. The van der Waals surface area contributed by atoms with Crippen LogP contribution in [0.2, 0.25) is 0 Å². The summed E-state index contributed by atoms with van der Waals surface area (Å²) in [6.45, 7) is 5.37. The Hall–Kier alpha value is -2.70. The van der Waals surface area contributed by atoms with Gasteiger partial charge < -0.3 is 20.4 Å². The van der Waals surface area contributed by atoms with Crippen molar-refractivity contribution >= 4 is 23.2 Å². The average molecular weight is 395 g/mol. The number of amides is 2. The Labute approximate surface area is 172 Å². The number of benzene rings is 2. The lowest BCUT2D eigenvalue weighted by Gasteiger charge is -2.21. The molecule has 1 aliphatic rings. The van der Waals surface area contributed by atoms with Gasteiger partial charge in [-0.3, -0.25) is 9.59 Å². The van der Waals surface area contributed by atoms with E-state index in [0.29, 0.717) is 12.8 Å². The normalized spacial score (nSPS) is 15.4. The van der Waals surface area contributed by atoms with Crippen molar-refractivity contribution in [1.82, 2.24) is 9.80 Å². The van der Waals surface area contributed by atoms with E-state index in [-0.39, 0.29) is 11.8 Å². The van der Waals surface area contributed by atoms with Crippen molar-refractivity contribution in [1.29, 1.82) is 0 Å². The minimum atomic E-state index is 0.0508. The van der Waals surface area contributed by atoms with Gasteiger partial charge in [-0.2, -0.15) is 0 Å². The molecule has 1 fully saturated rings. The monoisotopic (exact) mass is 394 g/mol. The summed E-state index contributed by atoms with van der Waals surface area (Å²) < 4.78 is 0. The van der Waals surface area contributed by atoms with Gasteiger partial charge in [0.15, 0.2) is 0 Å². The molecular formula is C23H30N4O2. The van der Waals surface area contributed by atoms with Gasteiger partial charge in [-0.05, 0) is 43.8 Å². The van der Waals surface area contributed by atoms with Gasteiger partial charge in [0.25, 0.3) is 0 Å². The topological polar surface area (TPSA) is 64.7 Å².